The lowest BCUT2D eigenvalue weighted by Crippen LogP contribution is -2.47. The molecule has 0 aromatic heterocycles. The molecule has 2 fully saturated rings. The Hall–Kier alpha value is -0.0800. The van der Waals surface area contributed by atoms with Gasteiger partial charge in [-0.15, -0.1) is 0 Å². The molecule has 2 N–H and O–H groups in total. The largest absolute Gasteiger partial charge is 0.396 e. The minimum atomic E-state index is -0.101. The van der Waals surface area contributed by atoms with Crippen LogP contribution in [0.15, 0.2) is 0 Å². The maximum atomic E-state index is 10.1. The van der Waals surface area contributed by atoms with Gasteiger partial charge >= 0.3 is 0 Å². The van der Waals surface area contributed by atoms with Gasteiger partial charge < -0.3 is 10.2 Å². The summed E-state index contributed by atoms with van der Waals surface area (Å²) >= 11 is 0. The molecule has 100 valence electrons. The predicted molar refractivity (Wildman–Crippen MR) is 69.6 cm³/mol. The van der Waals surface area contributed by atoms with Crippen LogP contribution in [0.2, 0.25) is 0 Å². The van der Waals surface area contributed by atoms with Gasteiger partial charge in [0.15, 0.2) is 0 Å². The summed E-state index contributed by atoms with van der Waals surface area (Å²) in [5.74, 6) is 2.16. The molecular formula is C15H28O2. The van der Waals surface area contributed by atoms with Crippen molar-refractivity contribution in [2.24, 2.45) is 29.1 Å². The molecule has 0 spiro atoms. The molecule has 0 aliphatic heterocycles. The standard InChI is InChI=1S/C15H28O2/c1-10(9-16)12-4-6-15(3)7-5-14(17)11(2)13(15)8-12/h10-14,16-17H,4-9H2,1-3H3/t10-,11-,12-,13-,14-,15+/m1/s1. The van der Waals surface area contributed by atoms with Crippen LogP contribution in [0.1, 0.15) is 52.9 Å². The highest BCUT2D eigenvalue weighted by Gasteiger charge is 2.47. The summed E-state index contributed by atoms with van der Waals surface area (Å²) < 4.78 is 0. The first-order chi connectivity index (χ1) is 7.98. The van der Waals surface area contributed by atoms with Gasteiger partial charge in [0.2, 0.25) is 0 Å². The lowest BCUT2D eigenvalue weighted by atomic mass is 9.53. The zero-order valence-electron chi connectivity index (χ0n) is 11.5. The lowest BCUT2D eigenvalue weighted by Gasteiger charge is -2.53. The molecule has 2 saturated carbocycles. The summed E-state index contributed by atoms with van der Waals surface area (Å²) in [5.41, 5.74) is 0.449. The summed E-state index contributed by atoms with van der Waals surface area (Å²) in [6, 6.07) is 0. The van der Waals surface area contributed by atoms with E-state index < -0.39 is 0 Å². The monoisotopic (exact) mass is 240 g/mol. The Labute approximate surface area is 105 Å². The third-order valence-electron chi connectivity index (χ3n) is 5.88. The first kappa shape index (κ1) is 13.4. The van der Waals surface area contributed by atoms with Gasteiger partial charge in [0, 0.05) is 6.61 Å². The van der Waals surface area contributed by atoms with Crippen molar-refractivity contribution in [3.05, 3.63) is 0 Å². The van der Waals surface area contributed by atoms with Crippen molar-refractivity contribution < 1.29 is 10.2 Å². The van der Waals surface area contributed by atoms with Crippen molar-refractivity contribution in [1.29, 1.82) is 0 Å². The molecular weight excluding hydrogens is 212 g/mol. The van der Waals surface area contributed by atoms with Gasteiger partial charge in [0.1, 0.15) is 0 Å². The van der Waals surface area contributed by atoms with Gasteiger partial charge in [-0.25, -0.2) is 0 Å². The zero-order valence-corrected chi connectivity index (χ0v) is 11.5. The molecule has 2 aliphatic rings. The highest BCUT2D eigenvalue weighted by molar-refractivity contribution is 4.97. The second kappa shape index (κ2) is 4.89. The maximum Gasteiger partial charge on any atom is 0.0568 e. The Morgan fingerprint density at radius 1 is 1.29 bits per heavy atom. The van der Waals surface area contributed by atoms with E-state index in [9.17, 15) is 10.2 Å². The fourth-order valence-electron chi connectivity index (χ4n) is 4.26. The van der Waals surface area contributed by atoms with E-state index in [-0.39, 0.29) is 6.10 Å². The van der Waals surface area contributed by atoms with Crippen LogP contribution in [0.5, 0.6) is 0 Å². The normalized spacial score (nSPS) is 48.5. The topological polar surface area (TPSA) is 40.5 Å². The average molecular weight is 240 g/mol. The summed E-state index contributed by atoms with van der Waals surface area (Å²) in [6.07, 6.45) is 5.81. The molecule has 2 rings (SSSR count). The van der Waals surface area contributed by atoms with Crippen LogP contribution in [0.4, 0.5) is 0 Å². The van der Waals surface area contributed by atoms with Crippen molar-refractivity contribution in [3.63, 3.8) is 0 Å². The van der Waals surface area contributed by atoms with Crippen molar-refractivity contribution in [2.75, 3.05) is 6.61 Å². The second-order valence-corrected chi connectivity index (χ2v) is 6.92. The van der Waals surface area contributed by atoms with Crippen LogP contribution >= 0.6 is 0 Å². The van der Waals surface area contributed by atoms with E-state index in [1.54, 1.807) is 0 Å². The van der Waals surface area contributed by atoms with E-state index in [0.29, 0.717) is 35.7 Å². The predicted octanol–water partition coefficient (Wildman–Crippen LogP) is 2.83. The number of fused-ring (bicyclic) bond motifs is 1. The van der Waals surface area contributed by atoms with Gasteiger partial charge in [-0.05, 0) is 61.2 Å². The fraction of sp³-hybridized carbons (Fsp3) is 1.00. The number of rotatable bonds is 2. The SMILES string of the molecule is C[C@H]1[C@H](O)CC[C@]2(C)CC[C@@H]([C@H](C)CO)C[C@H]12. The summed E-state index contributed by atoms with van der Waals surface area (Å²) in [5, 5.41) is 19.4. The van der Waals surface area contributed by atoms with E-state index >= 15 is 0 Å². The van der Waals surface area contributed by atoms with Crippen LogP contribution in [0, 0.1) is 29.1 Å². The molecule has 0 aromatic rings. The second-order valence-electron chi connectivity index (χ2n) is 6.92. The summed E-state index contributed by atoms with van der Waals surface area (Å²) in [6.45, 7) is 7.11. The quantitative estimate of drug-likeness (QED) is 0.779. The third kappa shape index (κ3) is 2.39. The van der Waals surface area contributed by atoms with Crippen molar-refractivity contribution in [1.82, 2.24) is 0 Å². The average Bonchev–Trinajstić information content (AvgIpc) is 2.33. The third-order valence-corrected chi connectivity index (χ3v) is 5.88. The van der Waals surface area contributed by atoms with Crippen molar-refractivity contribution in [3.8, 4) is 0 Å². The molecule has 6 atom stereocenters. The number of aliphatic hydroxyl groups is 2. The first-order valence-corrected chi connectivity index (χ1v) is 7.27. The van der Waals surface area contributed by atoms with Crippen LogP contribution in [0.3, 0.4) is 0 Å². The van der Waals surface area contributed by atoms with E-state index in [2.05, 4.69) is 20.8 Å². The minimum absolute atomic E-state index is 0.101. The molecule has 2 heteroatoms. The molecule has 0 aromatic carbocycles. The zero-order chi connectivity index (χ0) is 12.6. The molecule has 0 amide bonds. The summed E-state index contributed by atoms with van der Waals surface area (Å²) in [4.78, 5) is 0. The number of aliphatic hydroxyl groups excluding tert-OH is 2. The smallest absolute Gasteiger partial charge is 0.0568 e. The molecule has 0 saturated heterocycles. The Kier molecular flexibility index (Phi) is 3.84. The molecule has 0 bridgehead atoms. The van der Waals surface area contributed by atoms with Crippen molar-refractivity contribution >= 4 is 0 Å². The minimum Gasteiger partial charge on any atom is -0.396 e. The Bertz CT molecular complexity index is 266. The molecule has 0 unspecified atom stereocenters. The van der Waals surface area contributed by atoms with Gasteiger partial charge in [-0.1, -0.05) is 20.8 Å². The highest BCUT2D eigenvalue weighted by atomic mass is 16.3. The van der Waals surface area contributed by atoms with E-state index in [1.165, 1.54) is 25.7 Å². The highest BCUT2D eigenvalue weighted by Crippen LogP contribution is 2.54. The van der Waals surface area contributed by atoms with Gasteiger partial charge in [-0.2, -0.15) is 0 Å². The summed E-state index contributed by atoms with van der Waals surface area (Å²) in [7, 11) is 0. The van der Waals surface area contributed by atoms with Crippen LogP contribution in [-0.4, -0.2) is 22.9 Å². The molecule has 0 radical (unpaired) electrons. The van der Waals surface area contributed by atoms with Crippen LogP contribution < -0.4 is 0 Å². The fourth-order valence-corrected chi connectivity index (χ4v) is 4.26. The van der Waals surface area contributed by atoms with E-state index in [0.717, 1.165) is 6.42 Å². The number of hydrogen-bond acceptors (Lipinski definition) is 2. The maximum absolute atomic E-state index is 10.1. The molecule has 2 nitrogen and oxygen atoms in total. The van der Waals surface area contributed by atoms with Gasteiger partial charge in [-0.3, -0.25) is 0 Å². The van der Waals surface area contributed by atoms with E-state index in [1.807, 2.05) is 0 Å². The molecule has 17 heavy (non-hydrogen) atoms. The lowest BCUT2D eigenvalue weighted by molar-refractivity contribution is -0.0753. The molecule has 2 aliphatic carbocycles. The Morgan fingerprint density at radius 3 is 2.59 bits per heavy atom. The Balaban J connectivity index is 2.10. The molecule has 0 heterocycles. The first-order valence-electron chi connectivity index (χ1n) is 7.27. The number of hydrogen-bond donors (Lipinski definition) is 2. The van der Waals surface area contributed by atoms with Gasteiger partial charge in [0.05, 0.1) is 6.10 Å². The van der Waals surface area contributed by atoms with Crippen LogP contribution in [0.25, 0.3) is 0 Å². The van der Waals surface area contributed by atoms with Crippen molar-refractivity contribution in [2.45, 2.75) is 59.0 Å². The van der Waals surface area contributed by atoms with Gasteiger partial charge in [0.25, 0.3) is 0 Å². The van der Waals surface area contributed by atoms with Crippen LogP contribution in [-0.2, 0) is 0 Å². The Morgan fingerprint density at radius 2 is 1.94 bits per heavy atom. The van der Waals surface area contributed by atoms with E-state index in [4.69, 9.17) is 0 Å².